The third-order valence-corrected chi connectivity index (χ3v) is 4.35. The molecule has 104 valence electrons. The van der Waals surface area contributed by atoms with Gasteiger partial charge in [-0.05, 0) is 30.2 Å². The number of ether oxygens (including phenoxy) is 1. The second-order valence-electron chi connectivity index (χ2n) is 5.51. The van der Waals surface area contributed by atoms with Crippen molar-refractivity contribution in [3.8, 4) is 5.75 Å². The van der Waals surface area contributed by atoms with Crippen LogP contribution in [0.25, 0.3) is 0 Å². The van der Waals surface area contributed by atoms with E-state index in [1.807, 2.05) is 0 Å². The highest BCUT2D eigenvalue weighted by Crippen LogP contribution is 2.33. The van der Waals surface area contributed by atoms with E-state index in [0.29, 0.717) is 6.04 Å². The largest absolute Gasteiger partial charge is 0.497 e. The van der Waals surface area contributed by atoms with Crippen molar-refractivity contribution in [2.75, 3.05) is 51.8 Å². The lowest BCUT2D eigenvalue weighted by atomic mass is 10.1. The van der Waals surface area contributed by atoms with Crippen LogP contribution >= 0.6 is 0 Å². The van der Waals surface area contributed by atoms with Crippen LogP contribution in [-0.4, -0.2) is 57.8 Å². The number of benzene rings is 1. The number of nitrogens with zero attached hydrogens (tertiary/aromatic N) is 2. The van der Waals surface area contributed by atoms with Gasteiger partial charge >= 0.3 is 0 Å². The van der Waals surface area contributed by atoms with E-state index in [0.717, 1.165) is 31.8 Å². The Morgan fingerprint density at radius 2 is 2.11 bits per heavy atom. The number of methoxy groups -OCH3 is 1. The van der Waals surface area contributed by atoms with E-state index in [1.54, 1.807) is 7.11 Å². The summed E-state index contributed by atoms with van der Waals surface area (Å²) in [4.78, 5) is 5.00. The Kier molecular flexibility index (Phi) is 3.62. The number of fused-ring (bicyclic) bond motifs is 1. The molecule has 1 aromatic carbocycles. The minimum atomic E-state index is 0.597. The van der Waals surface area contributed by atoms with Crippen molar-refractivity contribution >= 4 is 5.69 Å². The van der Waals surface area contributed by atoms with Crippen LogP contribution in [-0.2, 0) is 6.42 Å². The molecule has 1 fully saturated rings. The van der Waals surface area contributed by atoms with Crippen LogP contribution in [0.4, 0.5) is 5.69 Å². The fourth-order valence-corrected chi connectivity index (χ4v) is 3.16. The van der Waals surface area contributed by atoms with E-state index < -0.39 is 0 Å². The average molecular weight is 261 g/mol. The number of rotatable bonds is 3. The summed E-state index contributed by atoms with van der Waals surface area (Å²) >= 11 is 0. The summed E-state index contributed by atoms with van der Waals surface area (Å²) in [6.45, 7) is 5.75. The van der Waals surface area contributed by atoms with Crippen LogP contribution in [0.2, 0.25) is 0 Å². The Hall–Kier alpha value is -1.26. The molecule has 2 aliphatic heterocycles. The molecule has 2 heterocycles. The Bertz CT molecular complexity index is 443. The van der Waals surface area contributed by atoms with Gasteiger partial charge < -0.3 is 15.0 Å². The first-order valence-electron chi connectivity index (χ1n) is 7.11. The van der Waals surface area contributed by atoms with Crippen LogP contribution in [0.1, 0.15) is 5.56 Å². The second kappa shape index (κ2) is 5.39. The predicted octanol–water partition coefficient (Wildman–Crippen LogP) is 0.961. The summed E-state index contributed by atoms with van der Waals surface area (Å²) in [5.74, 6) is 0.968. The quantitative estimate of drug-likeness (QED) is 0.877. The first-order chi connectivity index (χ1) is 9.28. The molecule has 1 saturated heterocycles. The monoisotopic (exact) mass is 261 g/mol. The third kappa shape index (κ3) is 2.55. The minimum absolute atomic E-state index is 0.597. The fourth-order valence-electron chi connectivity index (χ4n) is 3.16. The molecule has 2 aliphatic rings. The van der Waals surface area contributed by atoms with E-state index in [-0.39, 0.29) is 0 Å². The normalized spacial score (nSPS) is 23.5. The number of likely N-dealkylation sites (N-methyl/N-ethyl adjacent to an activating group) is 1. The smallest absolute Gasteiger partial charge is 0.119 e. The van der Waals surface area contributed by atoms with E-state index in [2.05, 4.69) is 40.4 Å². The van der Waals surface area contributed by atoms with Gasteiger partial charge in [-0.3, -0.25) is 4.90 Å². The van der Waals surface area contributed by atoms with Crippen molar-refractivity contribution < 1.29 is 4.74 Å². The van der Waals surface area contributed by atoms with Crippen LogP contribution < -0.4 is 15.0 Å². The lowest BCUT2D eigenvalue weighted by Gasteiger charge is -2.32. The van der Waals surface area contributed by atoms with Gasteiger partial charge in [-0.25, -0.2) is 0 Å². The van der Waals surface area contributed by atoms with Gasteiger partial charge in [0, 0.05) is 51.5 Å². The lowest BCUT2D eigenvalue weighted by molar-refractivity contribution is 0.227. The maximum Gasteiger partial charge on any atom is 0.119 e. The maximum absolute atomic E-state index is 5.32. The minimum Gasteiger partial charge on any atom is -0.497 e. The van der Waals surface area contributed by atoms with Crippen LogP contribution in [0, 0.1) is 0 Å². The van der Waals surface area contributed by atoms with Gasteiger partial charge in [0.15, 0.2) is 0 Å². The van der Waals surface area contributed by atoms with Gasteiger partial charge in [0.1, 0.15) is 5.75 Å². The average Bonchev–Trinajstić information content (AvgIpc) is 2.76. The fraction of sp³-hybridized carbons (Fsp3) is 0.600. The zero-order valence-corrected chi connectivity index (χ0v) is 11.9. The molecule has 0 amide bonds. The molecule has 0 spiro atoms. The predicted molar refractivity (Wildman–Crippen MR) is 78.2 cm³/mol. The van der Waals surface area contributed by atoms with Crippen molar-refractivity contribution in [1.29, 1.82) is 0 Å². The SMILES string of the molecule is COc1ccc2c(c1)CC(CN1CCNCC1)N2C. The molecule has 0 saturated carbocycles. The molecule has 1 unspecified atom stereocenters. The Balaban J connectivity index is 1.69. The Labute approximate surface area is 115 Å². The van der Waals surface area contributed by atoms with Gasteiger partial charge in [-0.1, -0.05) is 0 Å². The number of anilines is 1. The summed E-state index contributed by atoms with van der Waals surface area (Å²) in [7, 11) is 3.95. The summed E-state index contributed by atoms with van der Waals surface area (Å²) in [6, 6.07) is 7.03. The van der Waals surface area contributed by atoms with Crippen molar-refractivity contribution in [3.63, 3.8) is 0 Å². The molecule has 0 radical (unpaired) electrons. The Morgan fingerprint density at radius 3 is 2.84 bits per heavy atom. The van der Waals surface area contributed by atoms with Gasteiger partial charge in [0.2, 0.25) is 0 Å². The molecule has 1 atom stereocenters. The first kappa shape index (κ1) is 12.8. The van der Waals surface area contributed by atoms with Crippen LogP contribution in [0.15, 0.2) is 18.2 Å². The van der Waals surface area contributed by atoms with Gasteiger partial charge in [0.25, 0.3) is 0 Å². The molecule has 0 aromatic heterocycles. The van der Waals surface area contributed by atoms with E-state index in [4.69, 9.17) is 4.74 Å². The molecular formula is C15H23N3O. The number of hydrogen-bond donors (Lipinski definition) is 1. The van der Waals surface area contributed by atoms with Crippen molar-refractivity contribution in [2.45, 2.75) is 12.5 Å². The van der Waals surface area contributed by atoms with E-state index >= 15 is 0 Å². The third-order valence-electron chi connectivity index (χ3n) is 4.35. The number of piperazine rings is 1. The first-order valence-corrected chi connectivity index (χ1v) is 7.11. The molecule has 4 nitrogen and oxygen atoms in total. The molecule has 1 aromatic rings. The van der Waals surface area contributed by atoms with Crippen molar-refractivity contribution in [2.24, 2.45) is 0 Å². The highest BCUT2D eigenvalue weighted by atomic mass is 16.5. The van der Waals surface area contributed by atoms with Gasteiger partial charge in [-0.2, -0.15) is 0 Å². The number of nitrogens with one attached hydrogen (secondary N) is 1. The Morgan fingerprint density at radius 1 is 1.32 bits per heavy atom. The van der Waals surface area contributed by atoms with Gasteiger partial charge in [0.05, 0.1) is 7.11 Å². The van der Waals surface area contributed by atoms with E-state index in [1.165, 1.54) is 24.3 Å². The highest BCUT2D eigenvalue weighted by molar-refractivity contribution is 5.61. The van der Waals surface area contributed by atoms with Gasteiger partial charge in [-0.15, -0.1) is 0 Å². The molecule has 19 heavy (non-hydrogen) atoms. The summed E-state index contributed by atoms with van der Waals surface area (Å²) in [5.41, 5.74) is 2.78. The zero-order chi connectivity index (χ0) is 13.2. The van der Waals surface area contributed by atoms with Crippen molar-refractivity contribution in [1.82, 2.24) is 10.2 Å². The molecule has 1 N–H and O–H groups in total. The molecule has 4 heteroatoms. The molecular weight excluding hydrogens is 238 g/mol. The standard InChI is InChI=1S/C15H23N3O/c1-17-13(11-18-7-5-16-6-8-18)9-12-10-14(19-2)3-4-15(12)17/h3-4,10,13,16H,5-9,11H2,1-2H3. The zero-order valence-electron chi connectivity index (χ0n) is 11.9. The summed E-state index contributed by atoms with van der Waals surface area (Å²) in [6.07, 6.45) is 1.13. The summed E-state index contributed by atoms with van der Waals surface area (Å²) in [5, 5.41) is 3.41. The van der Waals surface area contributed by atoms with Crippen LogP contribution in [0.3, 0.4) is 0 Å². The van der Waals surface area contributed by atoms with E-state index in [9.17, 15) is 0 Å². The van der Waals surface area contributed by atoms with Crippen LogP contribution in [0.5, 0.6) is 5.75 Å². The maximum atomic E-state index is 5.32. The molecule has 3 rings (SSSR count). The lowest BCUT2D eigenvalue weighted by Crippen LogP contribution is -2.48. The topological polar surface area (TPSA) is 27.7 Å². The summed E-state index contributed by atoms with van der Waals surface area (Å²) < 4.78 is 5.32. The second-order valence-corrected chi connectivity index (χ2v) is 5.51. The highest BCUT2D eigenvalue weighted by Gasteiger charge is 2.28. The van der Waals surface area contributed by atoms with Crippen molar-refractivity contribution in [3.05, 3.63) is 23.8 Å². The molecule has 0 aliphatic carbocycles. The number of hydrogen-bond acceptors (Lipinski definition) is 4. The molecule has 0 bridgehead atoms.